The van der Waals surface area contributed by atoms with E-state index in [2.05, 4.69) is 37.3 Å². The van der Waals surface area contributed by atoms with E-state index < -0.39 is 0 Å². The van der Waals surface area contributed by atoms with Crippen molar-refractivity contribution in [1.29, 1.82) is 0 Å². The number of rotatable bonds is 4. The molecule has 0 radical (unpaired) electrons. The molecule has 0 amide bonds. The van der Waals surface area contributed by atoms with Gasteiger partial charge in [0.25, 0.3) is 0 Å². The van der Waals surface area contributed by atoms with Crippen LogP contribution >= 0.6 is 11.6 Å². The molecule has 1 nitrogen and oxygen atoms in total. The number of aryl methyl sites for hydroxylation is 1. The third-order valence-electron chi connectivity index (χ3n) is 3.17. The highest BCUT2D eigenvalue weighted by Gasteiger charge is 2.11. The molecule has 0 aliphatic heterocycles. The molecule has 94 valence electrons. The summed E-state index contributed by atoms with van der Waals surface area (Å²) in [7, 11) is 0. The third kappa shape index (κ3) is 3.34. The molecule has 1 atom stereocenters. The highest BCUT2D eigenvalue weighted by molar-refractivity contribution is 6.30. The SMILES string of the molecule is Cc1cccc(CC(CN)c2cccc(Cl)c2)c1. The van der Waals surface area contributed by atoms with Gasteiger partial charge in [0.15, 0.2) is 0 Å². The van der Waals surface area contributed by atoms with E-state index in [1.807, 2.05) is 18.2 Å². The van der Waals surface area contributed by atoms with Crippen molar-refractivity contribution in [3.05, 3.63) is 70.2 Å². The highest BCUT2D eigenvalue weighted by Crippen LogP contribution is 2.23. The maximum atomic E-state index is 6.03. The minimum Gasteiger partial charge on any atom is -0.330 e. The van der Waals surface area contributed by atoms with E-state index in [0.717, 1.165) is 11.4 Å². The van der Waals surface area contributed by atoms with E-state index in [1.54, 1.807) is 0 Å². The smallest absolute Gasteiger partial charge is 0.0408 e. The van der Waals surface area contributed by atoms with Gasteiger partial charge in [0.05, 0.1) is 0 Å². The molecule has 1 unspecified atom stereocenters. The zero-order chi connectivity index (χ0) is 13.0. The van der Waals surface area contributed by atoms with E-state index in [0.29, 0.717) is 12.5 Å². The number of hydrogen-bond donors (Lipinski definition) is 1. The summed E-state index contributed by atoms with van der Waals surface area (Å²) in [6, 6.07) is 16.6. The third-order valence-corrected chi connectivity index (χ3v) is 3.40. The lowest BCUT2D eigenvalue weighted by Gasteiger charge is -2.16. The quantitative estimate of drug-likeness (QED) is 0.885. The van der Waals surface area contributed by atoms with E-state index in [-0.39, 0.29) is 0 Å². The Bertz CT molecular complexity index is 522. The molecule has 0 spiro atoms. The van der Waals surface area contributed by atoms with Gasteiger partial charge < -0.3 is 5.73 Å². The van der Waals surface area contributed by atoms with Crippen LogP contribution in [0.15, 0.2) is 48.5 Å². The molecule has 2 rings (SSSR count). The summed E-state index contributed by atoms with van der Waals surface area (Å²) in [5.41, 5.74) is 9.72. The van der Waals surface area contributed by atoms with Crippen LogP contribution in [-0.4, -0.2) is 6.54 Å². The van der Waals surface area contributed by atoms with Crippen LogP contribution in [0.1, 0.15) is 22.6 Å². The topological polar surface area (TPSA) is 26.0 Å². The monoisotopic (exact) mass is 259 g/mol. The van der Waals surface area contributed by atoms with Gasteiger partial charge in [0.2, 0.25) is 0 Å². The van der Waals surface area contributed by atoms with E-state index in [1.165, 1.54) is 16.7 Å². The van der Waals surface area contributed by atoms with Crippen molar-refractivity contribution in [3.63, 3.8) is 0 Å². The summed E-state index contributed by atoms with van der Waals surface area (Å²) in [4.78, 5) is 0. The molecule has 0 saturated heterocycles. The second-order valence-electron chi connectivity index (χ2n) is 4.68. The van der Waals surface area contributed by atoms with Gasteiger partial charge >= 0.3 is 0 Å². The summed E-state index contributed by atoms with van der Waals surface area (Å²) in [5, 5.41) is 0.773. The van der Waals surface area contributed by atoms with E-state index in [4.69, 9.17) is 17.3 Å². The Hall–Kier alpha value is -1.31. The second kappa shape index (κ2) is 6.03. The molecule has 18 heavy (non-hydrogen) atoms. The van der Waals surface area contributed by atoms with Gasteiger partial charge in [-0.1, -0.05) is 53.6 Å². The molecule has 0 aromatic heterocycles. The first-order chi connectivity index (χ1) is 8.69. The van der Waals surface area contributed by atoms with Crippen molar-refractivity contribution in [2.45, 2.75) is 19.3 Å². The van der Waals surface area contributed by atoms with E-state index in [9.17, 15) is 0 Å². The lowest BCUT2D eigenvalue weighted by molar-refractivity contribution is 0.694. The Morgan fingerprint density at radius 3 is 2.56 bits per heavy atom. The molecule has 0 saturated carbocycles. The number of halogens is 1. The predicted octanol–water partition coefficient (Wildman–Crippen LogP) is 3.93. The first-order valence-corrected chi connectivity index (χ1v) is 6.58. The minimum absolute atomic E-state index is 0.325. The molecule has 0 bridgehead atoms. The van der Waals surface area contributed by atoms with Gasteiger partial charge in [-0.15, -0.1) is 0 Å². The molecule has 2 aromatic rings. The number of hydrogen-bond acceptors (Lipinski definition) is 1. The summed E-state index contributed by atoms with van der Waals surface area (Å²) in [6.45, 7) is 2.74. The van der Waals surface area contributed by atoms with Crippen LogP contribution in [0.3, 0.4) is 0 Å². The number of nitrogens with two attached hydrogens (primary N) is 1. The molecular formula is C16H18ClN. The van der Waals surface area contributed by atoms with Crippen molar-refractivity contribution in [3.8, 4) is 0 Å². The van der Waals surface area contributed by atoms with Crippen LogP contribution in [0.5, 0.6) is 0 Å². The normalized spacial score (nSPS) is 12.4. The molecule has 2 heteroatoms. The van der Waals surface area contributed by atoms with Crippen LogP contribution in [0.25, 0.3) is 0 Å². The first kappa shape index (κ1) is 13.1. The van der Waals surface area contributed by atoms with E-state index >= 15 is 0 Å². The molecule has 0 aliphatic carbocycles. The Morgan fingerprint density at radius 2 is 1.89 bits per heavy atom. The second-order valence-corrected chi connectivity index (χ2v) is 5.12. The Kier molecular flexibility index (Phi) is 4.40. The van der Waals surface area contributed by atoms with Crippen molar-refractivity contribution < 1.29 is 0 Å². The standard InChI is InChI=1S/C16H18ClN/c1-12-4-2-5-13(8-12)9-15(11-18)14-6-3-7-16(17)10-14/h2-8,10,15H,9,11,18H2,1H3. The van der Waals surface area contributed by atoms with Crippen molar-refractivity contribution in [2.24, 2.45) is 5.73 Å². The Labute approximate surface area is 114 Å². The van der Waals surface area contributed by atoms with Crippen LogP contribution in [0.4, 0.5) is 0 Å². The predicted molar refractivity (Wildman–Crippen MR) is 78.1 cm³/mol. The van der Waals surface area contributed by atoms with Crippen molar-refractivity contribution in [2.75, 3.05) is 6.54 Å². The fourth-order valence-corrected chi connectivity index (χ4v) is 2.42. The lowest BCUT2D eigenvalue weighted by atomic mass is 9.91. The molecule has 0 heterocycles. The van der Waals surface area contributed by atoms with Gasteiger partial charge in [-0.25, -0.2) is 0 Å². The summed E-state index contributed by atoms with van der Waals surface area (Å²) >= 11 is 6.03. The first-order valence-electron chi connectivity index (χ1n) is 6.20. The van der Waals surface area contributed by atoms with Crippen molar-refractivity contribution >= 4 is 11.6 Å². The molecule has 2 N–H and O–H groups in total. The van der Waals surface area contributed by atoms with Crippen LogP contribution in [0, 0.1) is 6.92 Å². The van der Waals surface area contributed by atoms with Gasteiger partial charge in [-0.3, -0.25) is 0 Å². The maximum absolute atomic E-state index is 6.03. The van der Waals surface area contributed by atoms with Gasteiger partial charge in [0.1, 0.15) is 0 Å². The Balaban J connectivity index is 2.19. The Morgan fingerprint density at radius 1 is 1.11 bits per heavy atom. The maximum Gasteiger partial charge on any atom is 0.0408 e. The van der Waals surface area contributed by atoms with Crippen LogP contribution in [-0.2, 0) is 6.42 Å². The number of benzene rings is 2. The minimum atomic E-state index is 0.325. The average molecular weight is 260 g/mol. The van der Waals surface area contributed by atoms with Gasteiger partial charge in [0, 0.05) is 10.9 Å². The molecular weight excluding hydrogens is 242 g/mol. The molecule has 0 fully saturated rings. The lowest BCUT2D eigenvalue weighted by Crippen LogP contribution is -2.15. The summed E-state index contributed by atoms with van der Waals surface area (Å²) < 4.78 is 0. The van der Waals surface area contributed by atoms with Crippen LogP contribution < -0.4 is 5.73 Å². The average Bonchev–Trinajstić information content (AvgIpc) is 2.36. The highest BCUT2D eigenvalue weighted by atomic mass is 35.5. The van der Waals surface area contributed by atoms with Gasteiger partial charge in [-0.05, 0) is 43.1 Å². The summed E-state index contributed by atoms with van der Waals surface area (Å²) in [6.07, 6.45) is 0.957. The van der Waals surface area contributed by atoms with Crippen molar-refractivity contribution in [1.82, 2.24) is 0 Å². The van der Waals surface area contributed by atoms with Crippen LogP contribution in [0.2, 0.25) is 5.02 Å². The largest absolute Gasteiger partial charge is 0.330 e. The van der Waals surface area contributed by atoms with Gasteiger partial charge in [-0.2, -0.15) is 0 Å². The molecule has 2 aromatic carbocycles. The fourth-order valence-electron chi connectivity index (χ4n) is 2.22. The molecule has 0 aliphatic rings. The summed E-state index contributed by atoms with van der Waals surface area (Å²) in [5.74, 6) is 0.325. The fraction of sp³-hybridized carbons (Fsp3) is 0.250. The zero-order valence-corrected chi connectivity index (χ0v) is 11.3. The zero-order valence-electron chi connectivity index (χ0n) is 10.6.